The number of hydrogen-bond acceptors (Lipinski definition) is 4. The zero-order valence-electron chi connectivity index (χ0n) is 17.8. The van der Waals surface area contributed by atoms with Gasteiger partial charge >= 0.3 is 6.18 Å². The molecule has 0 spiro atoms. The molecule has 1 heterocycles. The Hall–Kier alpha value is -2.92. The van der Waals surface area contributed by atoms with Gasteiger partial charge in [0.1, 0.15) is 6.04 Å². The Morgan fingerprint density at radius 1 is 1.06 bits per heavy atom. The van der Waals surface area contributed by atoms with Crippen LogP contribution in [-0.4, -0.2) is 30.1 Å². The van der Waals surface area contributed by atoms with Gasteiger partial charge in [0.05, 0.1) is 9.82 Å². The number of rotatable bonds is 6. The van der Waals surface area contributed by atoms with Crippen molar-refractivity contribution in [2.45, 2.75) is 51.4 Å². The molecular formula is C21H22F3N3O4S. The standard InChI is InChI=1S/C21H22F3N3O4S/c1-12-7-13(2)20(14(3)8-12)32(30,31)25-19(21(22,23)24)11-26-15(4)9-16-10-17(27(28)29)5-6-18(16)26/h5-10,19,25H,11H2,1-4H3. The van der Waals surface area contributed by atoms with Crippen LogP contribution < -0.4 is 4.72 Å². The van der Waals surface area contributed by atoms with E-state index in [1.807, 2.05) is 4.72 Å². The van der Waals surface area contributed by atoms with Gasteiger partial charge in [-0.3, -0.25) is 10.1 Å². The first-order chi connectivity index (χ1) is 14.7. The second-order valence-corrected chi connectivity index (χ2v) is 9.49. The monoisotopic (exact) mass is 469 g/mol. The van der Waals surface area contributed by atoms with Gasteiger partial charge < -0.3 is 4.57 Å². The van der Waals surface area contributed by atoms with Crippen LogP contribution in [0.4, 0.5) is 18.9 Å². The first kappa shape index (κ1) is 23.7. The highest BCUT2D eigenvalue weighted by molar-refractivity contribution is 7.89. The van der Waals surface area contributed by atoms with Crippen molar-refractivity contribution in [1.82, 2.24) is 9.29 Å². The van der Waals surface area contributed by atoms with E-state index >= 15 is 0 Å². The summed E-state index contributed by atoms with van der Waals surface area (Å²) in [5.74, 6) is 0. The van der Waals surface area contributed by atoms with Crippen molar-refractivity contribution in [1.29, 1.82) is 0 Å². The third kappa shape index (κ3) is 4.63. The van der Waals surface area contributed by atoms with Gasteiger partial charge in [0.15, 0.2) is 0 Å². The van der Waals surface area contributed by atoms with Crippen molar-refractivity contribution in [2.75, 3.05) is 0 Å². The highest BCUT2D eigenvalue weighted by Crippen LogP contribution is 2.30. The average Bonchev–Trinajstić information content (AvgIpc) is 2.93. The molecule has 1 unspecified atom stereocenters. The Balaban J connectivity index is 2.03. The maximum absolute atomic E-state index is 13.9. The number of nitrogens with one attached hydrogen (secondary N) is 1. The van der Waals surface area contributed by atoms with Crippen LogP contribution in [0.15, 0.2) is 41.3 Å². The number of halogens is 3. The highest BCUT2D eigenvalue weighted by Gasteiger charge is 2.43. The maximum atomic E-state index is 13.9. The van der Waals surface area contributed by atoms with Crippen LogP contribution in [0.1, 0.15) is 22.4 Å². The maximum Gasteiger partial charge on any atom is 0.406 e. The number of hydrogen-bond donors (Lipinski definition) is 1. The number of nitro groups is 1. The van der Waals surface area contributed by atoms with E-state index in [0.29, 0.717) is 27.7 Å². The molecule has 11 heteroatoms. The minimum absolute atomic E-state index is 0.179. The molecule has 1 aromatic heterocycles. The number of non-ortho nitro benzene ring substituents is 1. The summed E-state index contributed by atoms with van der Waals surface area (Å²) >= 11 is 0. The number of benzene rings is 2. The summed E-state index contributed by atoms with van der Waals surface area (Å²) in [7, 11) is -4.48. The number of fused-ring (bicyclic) bond motifs is 1. The number of alkyl halides is 3. The molecular weight excluding hydrogens is 447 g/mol. The van der Waals surface area contributed by atoms with E-state index in [4.69, 9.17) is 0 Å². The molecule has 0 radical (unpaired) electrons. The lowest BCUT2D eigenvalue weighted by Crippen LogP contribution is -2.48. The van der Waals surface area contributed by atoms with E-state index in [-0.39, 0.29) is 10.6 Å². The van der Waals surface area contributed by atoms with Crippen molar-refractivity contribution in [3.63, 3.8) is 0 Å². The van der Waals surface area contributed by atoms with Gasteiger partial charge in [0.2, 0.25) is 10.0 Å². The normalized spacial score (nSPS) is 13.5. The molecule has 0 saturated carbocycles. The van der Waals surface area contributed by atoms with E-state index in [9.17, 15) is 31.7 Å². The Kier molecular flexibility index (Phi) is 6.09. The summed E-state index contributed by atoms with van der Waals surface area (Å²) < 4.78 is 70.7. The molecule has 0 fully saturated rings. The van der Waals surface area contributed by atoms with Gasteiger partial charge in [0.25, 0.3) is 5.69 Å². The summed E-state index contributed by atoms with van der Waals surface area (Å²) in [6.45, 7) is 5.68. The van der Waals surface area contributed by atoms with Crippen molar-refractivity contribution in [3.05, 3.63) is 68.9 Å². The molecule has 0 saturated heterocycles. The van der Waals surface area contributed by atoms with Gasteiger partial charge in [-0.05, 0) is 51.0 Å². The lowest BCUT2D eigenvalue weighted by Gasteiger charge is -2.24. The molecule has 1 atom stereocenters. The number of nitro benzene ring substituents is 1. The Morgan fingerprint density at radius 3 is 2.19 bits per heavy atom. The number of aromatic nitrogens is 1. The Bertz CT molecular complexity index is 1290. The van der Waals surface area contributed by atoms with Gasteiger partial charge in [-0.15, -0.1) is 0 Å². The molecule has 0 aliphatic heterocycles. The number of nitrogens with zero attached hydrogens (tertiary/aromatic N) is 2. The highest BCUT2D eigenvalue weighted by atomic mass is 32.2. The lowest BCUT2D eigenvalue weighted by molar-refractivity contribution is -0.384. The van der Waals surface area contributed by atoms with E-state index in [2.05, 4.69) is 0 Å². The van der Waals surface area contributed by atoms with E-state index in [0.717, 1.165) is 5.56 Å². The molecule has 7 nitrogen and oxygen atoms in total. The average molecular weight is 469 g/mol. The topological polar surface area (TPSA) is 94.2 Å². The van der Waals surface area contributed by atoms with Crippen LogP contribution >= 0.6 is 0 Å². The van der Waals surface area contributed by atoms with Crippen molar-refractivity contribution >= 4 is 26.6 Å². The fourth-order valence-electron chi connectivity index (χ4n) is 3.98. The molecule has 3 aromatic rings. The van der Waals surface area contributed by atoms with Gasteiger partial charge in [-0.1, -0.05) is 17.7 Å². The Labute approximate surface area is 183 Å². The first-order valence-electron chi connectivity index (χ1n) is 9.62. The molecule has 32 heavy (non-hydrogen) atoms. The predicted molar refractivity (Wildman–Crippen MR) is 114 cm³/mol. The summed E-state index contributed by atoms with van der Waals surface area (Å²) in [6, 6.07) is 6.14. The molecule has 3 rings (SSSR count). The van der Waals surface area contributed by atoms with Gasteiger partial charge in [-0.2, -0.15) is 17.9 Å². The van der Waals surface area contributed by atoms with Gasteiger partial charge in [-0.25, -0.2) is 8.42 Å². The molecule has 172 valence electrons. The van der Waals surface area contributed by atoms with Crippen molar-refractivity contribution < 1.29 is 26.5 Å². The fraction of sp³-hybridized carbons (Fsp3) is 0.333. The third-order valence-corrected chi connectivity index (χ3v) is 7.01. The second-order valence-electron chi connectivity index (χ2n) is 7.84. The Morgan fingerprint density at radius 2 is 1.66 bits per heavy atom. The van der Waals surface area contributed by atoms with E-state index in [1.54, 1.807) is 26.0 Å². The zero-order chi connectivity index (χ0) is 24.0. The predicted octanol–water partition coefficient (Wildman–Crippen LogP) is 4.69. The second kappa shape index (κ2) is 8.21. The summed E-state index contributed by atoms with van der Waals surface area (Å²) in [5, 5.41) is 11.4. The minimum Gasteiger partial charge on any atom is -0.343 e. The third-order valence-electron chi connectivity index (χ3n) is 5.23. The van der Waals surface area contributed by atoms with Crippen LogP contribution in [0.5, 0.6) is 0 Å². The zero-order valence-corrected chi connectivity index (χ0v) is 18.6. The molecule has 0 aliphatic carbocycles. The molecule has 2 aromatic carbocycles. The SMILES string of the molecule is Cc1cc(C)c(S(=O)(=O)NC(Cn2c(C)cc3cc([N+](=O)[O-])ccc32)C(F)(F)F)c(C)c1. The van der Waals surface area contributed by atoms with Gasteiger partial charge in [0, 0.05) is 35.3 Å². The van der Waals surface area contributed by atoms with E-state index in [1.165, 1.54) is 42.7 Å². The van der Waals surface area contributed by atoms with Crippen LogP contribution in [0, 0.1) is 37.8 Å². The number of sulfonamides is 1. The quantitative estimate of drug-likeness (QED) is 0.419. The van der Waals surface area contributed by atoms with Crippen molar-refractivity contribution in [2.24, 2.45) is 0 Å². The summed E-state index contributed by atoms with van der Waals surface area (Å²) in [5.41, 5.74) is 2.07. The first-order valence-corrected chi connectivity index (χ1v) is 11.1. The molecule has 0 aliphatic rings. The van der Waals surface area contributed by atoms with E-state index < -0.39 is 33.7 Å². The van der Waals surface area contributed by atoms with Crippen LogP contribution in [-0.2, 0) is 16.6 Å². The summed E-state index contributed by atoms with van der Waals surface area (Å²) in [4.78, 5) is 10.2. The summed E-state index contributed by atoms with van der Waals surface area (Å²) in [6.07, 6.45) is -4.87. The number of aryl methyl sites for hydroxylation is 4. The lowest BCUT2D eigenvalue weighted by atomic mass is 10.1. The van der Waals surface area contributed by atoms with Crippen molar-refractivity contribution in [3.8, 4) is 0 Å². The molecule has 0 bridgehead atoms. The van der Waals surface area contributed by atoms with Crippen LogP contribution in [0.2, 0.25) is 0 Å². The largest absolute Gasteiger partial charge is 0.406 e. The fourth-order valence-corrected chi connectivity index (χ4v) is 5.65. The molecule has 1 N–H and O–H groups in total. The van der Waals surface area contributed by atoms with Crippen LogP contribution in [0.25, 0.3) is 10.9 Å². The smallest absolute Gasteiger partial charge is 0.343 e. The minimum atomic E-state index is -4.87. The van der Waals surface area contributed by atoms with Crippen LogP contribution in [0.3, 0.4) is 0 Å². The molecule has 0 amide bonds.